The average molecular weight is 437 g/mol. The maximum absolute atomic E-state index is 12.3. The molecule has 0 bridgehead atoms. The van der Waals surface area contributed by atoms with E-state index in [1.165, 1.54) is 18.5 Å². The lowest BCUT2D eigenvalue weighted by atomic mass is 10.0. The molecule has 2 saturated heterocycles. The van der Waals surface area contributed by atoms with Crippen molar-refractivity contribution < 1.29 is 9.53 Å². The third-order valence-corrected chi connectivity index (χ3v) is 6.46. The van der Waals surface area contributed by atoms with Gasteiger partial charge in [-0.3, -0.25) is 9.69 Å². The highest BCUT2D eigenvalue weighted by molar-refractivity contribution is 5.78. The van der Waals surface area contributed by atoms with Crippen LogP contribution >= 0.6 is 0 Å². The van der Waals surface area contributed by atoms with Gasteiger partial charge in [-0.05, 0) is 36.1 Å². The van der Waals surface area contributed by atoms with Crippen LogP contribution < -0.4 is 15.5 Å². The van der Waals surface area contributed by atoms with E-state index in [0.717, 1.165) is 63.6 Å². The molecule has 4 rings (SSSR count). The highest BCUT2D eigenvalue weighted by atomic mass is 16.5. The lowest BCUT2D eigenvalue weighted by Crippen LogP contribution is -2.46. The molecule has 0 aromatic heterocycles. The number of anilines is 1. The molecular formula is C26H36N4O2. The third kappa shape index (κ3) is 7.05. The maximum Gasteiger partial charge on any atom is 0.224 e. The summed E-state index contributed by atoms with van der Waals surface area (Å²) < 4.78 is 5.42. The molecule has 0 atom stereocenters. The Bertz CT molecular complexity index is 813. The fraction of sp³-hybridized carbons (Fsp3) is 0.500. The smallest absolute Gasteiger partial charge is 0.224 e. The normalized spacial score (nSPS) is 17.9. The van der Waals surface area contributed by atoms with Crippen LogP contribution in [-0.4, -0.2) is 69.3 Å². The fourth-order valence-corrected chi connectivity index (χ4v) is 4.46. The quantitative estimate of drug-likeness (QED) is 0.632. The summed E-state index contributed by atoms with van der Waals surface area (Å²) in [6.45, 7) is 8.77. The number of hydrogen-bond donors (Lipinski definition) is 2. The molecule has 2 heterocycles. The summed E-state index contributed by atoms with van der Waals surface area (Å²) in [4.78, 5) is 17.2. The van der Waals surface area contributed by atoms with Gasteiger partial charge in [0.1, 0.15) is 0 Å². The van der Waals surface area contributed by atoms with Crippen LogP contribution in [0.2, 0.25) is 0 Å². The van der Waals surface area contributed by atoms with Crippen LogP contribution in [0.15, 0.2) is 54.6 Å². The van der Waals surface area contributed by atoms with Crippen LogP contribution in [-0.2, 0) is 22.5 Å². The van der Waals surface area contributed by atoms with Crippen LogP contribution in [0.1, 0.15) is 24.0 Å². The average Bonchev–Trinajstić information content (AvgIpc) is 2.85. The van der Waals surface area contributed by atoms with Gasteiger partial charge in [-0.15, -0.1) is 0 Å². The van der Waals surface area contributed by atoms with Crippen molar-refractivity contribution in [3.63, 3.8) is 0 Å². The Hall–Kier alpha value is -2.41. The molecule has 1 amide bonds. The minimum atomic E-state index is 0.0607. The van der Waals surface area contributed by atoms with Crippen LogP contribution in [0.4, 0.5) is 5.69 Å². The number of hydrogen-bond acceptors (Lipinski definition) is 5. The molecule has 0 aliphatic carbocycles. The van der Waals surface area contributed by atoms with Crippen molar-refractivity contribution in [2.45, 2.75) is 31.8 Å². The van der Waals surface area contributed by atoms with Crippen molar-refractivity contribution in [3.8, 4) is 0 Å². The summed E-state index contributed by atoms with van der Waals surface area (Å²) in [5, 5.41) is 6.74. The van der Waals surface area contributed by atoms with Crippen LogP contribution in [0.25, 0.3) is 0 Å². The molecule has 0 spiro atoms. The van der Waals surface area contributed by atoms with Gasteiger partial charge in [-0.25, -0.2) is 0 Å². The predicted octanol–water partition coefficient (Wildman–Crippen LogP) is 2.44. The molecular weight excluding hydrogens is 400 g/mol. The first-order chi connectivity index (χ1) is 15.8. The number of piperidine rings is 1. The van der Waals surface area contributed by atoms with Gasteiger partial charge < -0.3 is 20.3 Å². The lowest BCUT2D eigenvalue weighted by Gasteiger charge is -2.35. The van der Waals surface area contributed by atoms with E-state index in [-0.39, 0.29) is 5.91 Å². The maximum atomic E-state index is 12.3. The number of benzene rings is 2. The predicted molar refractivity (Wildman–Crippen MR) is 129 cm³/mol. The Morgan fingerprint density at radius 3 is 2.34 bits per heavy atom. The zero-order chi connectivity index (χ0) is 22.0. The summed E-state index contributed by atoms with van der Waals surface area (Å²) in [6, 6.07) is 19.1. The van der Waals surface area contributed by atoms with E-state index in [9.17, 15) is 4.79 Å². The standard InChI is InChI=1S/C26H36N4O2/c31-26(28-21-23-4-2-1-3-5-23)20-22-6-8-25(9-7-22)30-13-10-24(11-14-30)27-12-15-29-16-18-32-19-17-29/h1-9,24,27H,10-21H2,(H,28,31). The Kier molecular flexibility index (Phi) is 8.54. The fourth-order valence-electron chi connectivity index (χ4n) is 4.46. The van der Waals surface area contributed by atoms with Gasteiger partial charge >= 0.3 is 0 Å². The first kappa shape index (κ1) is 22.8. The Morgan fingerprint density at radius 1 is 0.906 bits per heavy atom. The van der Waals surface area contributed by atoms with E-state index in [2.05, 4.69) is 44.7 Å². The third-order valence-electron chi connectivity index (χ3n) is 6.46. The summed E-state index contributed by atoms with van der Waals surface area (Å²) in [5.41, 5.74) is 3.43. The minimum Gasteiger partial charge on any atom is -0.379 e. The van der Waals surface area contributed by atoms with Gasteiger partial charge in [0, 0.05) is 57.5 Å². The second-order valence-electron chi connectivity index (χ2n) is 8.78. The van der Waals surface area contributed by atoms with Gasteiger partial charge in [0.05, 0.1) is 19.6 Å². The second-order valence-corrected chi connectivity index (χ2v) is 8.78. The highest BCUT2D eigenvalue weighted by Crippen LogP contribution is 2.21. The van der Waals surface area contributed by atoms with E-state index in [4.69, 9.17) is 4.74 Å². The second kappa shape index (κ2) is 12.0. The van der Waals surface area contributed by atoms with Crippen LogP contribution in [0.5, 0.6) is 0 Å². The number of carbonyl (C=O) groups is 1. The molecule has 6 nitrogen and oxygen atoms in total. The van der Waals surface area contributed by atoms with Crippen molar-refractivity contribution >= 4 is 11.6 Å². The SMILES string of the molecule is O=C(Cc1ccc(N2CCC(NCCN3CCOCC3)CC2)cc1)NCc1ccccc1. The first-order valence-corrected chi connectivity index (χ1v) is 11.9. The number of nitrogens with zero attached hydrogens (tertiary/aromatic N) is 2. The van der Waals surface area contributed by atoms with Crippen molar-refractivity contribution in [1.29, 1.82) is 0 Å². The molecule has 2 aromatic rings. The summed E-state index contributed by atoms with van der Waals surface area (Å²) in [5.74, 6) is 0.0607. The van der Waals surface area contributed by atoms with Crippen molar-refractivity contribution in [1.82, 2.24) is 15.5 Å². The van der Waals surface area contributed by atoms with E-state index >= 15 is 0 Å². The van der Waals surface area contributed by atoms with Crippen molar-refractivity contribution in [2.24, 2.45) is 0 Å². The molecule has 172 valence electrons. The number of nitrogens with one attached hydrogen (secondary N) is 2. The largest absolute Gasteiger partial charge is 0.379 e. The van der Waals surface area contributed by atoms with E-state index < -0.39 is 0 Å². The molecule has 0 radical (unpaired) electrons. The number of amides is 1. The van der Waals surface area contributed by atoms with E-state index in [0.29, 0.717) is 19.0 Å². The molecule has 0 saturated carbocycles. The van der Waals surface area contributed by atoms with Crippen LogP contribution in [0, 0.1) is 0 Å². The zero-order valence-electron chi connectivity index (χ0n) is 19.0. The summed E-state index contributed by atoms with van der Waals surface area (Å²) in [6.07, 6.45) is 2.77. The minimum absolute atomic E-state index is 0.0607. The molecule has 6 heteroatoms. The summed E-state index contributed by atoms with van der Waals surface area (Å²) in [7, 11) is 0. The monoisotopic (exact) mass is 436 g/mol. The van der Waals surface area contributed by atoms with Crippen molar-refractivity contribution in [2.75, 3.05) is 57.4 Å². The molecule has 0 unspecified atom stereocenters. The topological polar surface area (TPSA) is 56.8 Å². The highest BCUT2D eigenvalue weighted by Gasteiger charge is 2.19. The van der Waals surface area contributed by atoms with Gasteiger partial charge in [0.25, 0.3) is 0 Å². The number of morpholine rings is 1. The molecule has 2 aliphatic rings. The Morgan fingerprint density at radius 2 is 1.62 bits per heavy atom. The number of carbonyl (C=O) groups excluding carboxylic acids is 1. The van der Waals surface area contributed by atoms with Gasteiger partial charge in [-0.2, -0.15) is 0 Å². The Balaban J connectivity index is 1.15. The van der Waals surface area contributed by atoms with Gasteiger partial charge in [0.2, 0.25) is 5.91 Å². The van der Waals surface area contributed by atoms with Crippen molar-refractivity contribution in [3.05, 3.63) is 65.7 Å². The zero-order valence-corrected chi connectivity index (χ0v) is 19.0. The molecule has 2 aromatic carbocycles. The van der Waals surface area contributed by atoms with E-state index in [1.54, 1.807) is 0 Å². The summed E-state index contributed by atoms with van der Waals surface area (Å²) >= 11 is 0. The molecule has 2 aliphatic heterocycles. The van der Waals surface area contributed by atoms with E-state index in [1.807, 2.05) is 30.3 Å². The molecule has 2 fully saturated rings. The Labute approximate surface area is 191 Å². The van der Waals surface area contributed by atoms with Crippen LogP contribution in [0.3, 0.4) is 0 Å². The number of ether oxygens (including phenoxy) is 1. The lowest BCUT2D eigenvalue weighted by molar-refractivity contribution is -0.120. The molecule has 2 N–H and O–H groups in total. The van der Waals surface area contributed by atoms with Gasteiger partial charge in [0.15, 0.2) is 0 Å². The first-order valence-electron chi connectivity index (χ1n) is 11.9. The number of rotatable bonds is 9. The molecule has 32 heavy (non-hydrogen) atoms. The van der Waals surface area contributed by atoms with Gasteiger partial charge in [-0.1, -0.05) is 42.5 Å².